The van der Waals surface area contributed by atoms with Gasteiger partial charge >= 0.3 is 11.9 Å². The number of carbonyl (C=O) groups excluding carboxylic acids is 2. The molecule has 0 radical (unpaired) electrons. The number of rotatable bonds is 3. The molecule has 2 rings (SSSR count). The quantitative estimate of drug-likeness (QED) is 0.493. The van der Waals surface area contributed by atoms with Gasteiger partial charge in [-0.3, -0.25) is 9.59 Å². The van der Waals surface area contributed by atoms with E-state index in [1.165, 1.54) is 0 Å². The molecule has 0 heterocycles. The summed E-state index contributed by atoms with van der Waals surface area (Å²) < 4.78 is 5.04. The molecule has 0 spiro atoms. The molecule has 0 aliphatic heterocycles. The topological polar surface area (TPSA) is 63.6 Å². The van der Waals surface area contributed by atoms with Crippen molar-refractivity contribution in [1.82, 2.24) is 0 Å². The molecule has 1 saturated carbocycles. The Morgan fingerprint density at radius 1 is 1.33 bits per heavy atom. The first-order valence-electron chi connectivity index (χ1n) is 7.41. The van der Waals surface area contributed by atoms with Crippen molar-refractivity contribution in [1.29, 1.82) is 0 Å². The van der Waals surface area contributed by atoms with Crippen LogP contribution in [0.15, 0.2) is 23.3 Å². The largest absolute Gasteiger partial charge is 0.392 e. The minimum Gasteiger partial charge on any atom is -0.392 e. The number of hydrogen-bond donors (Lipinski definition) is 1. The highest BCUT2D eigenvalue weighted by molar-refractivity contribution is 5.91. The molecule has 4 unspecified atom stereocenters. The second-order valence-corrected chi connectivity index (χ2v) is 7.08. The van der Waals surface area contributed by atoms with Crippen molar-refractivity contribution in [3.8, 4) is 0 Å². The molecule has 21 heavy (non-hydrogen) atoms. The lowest BCUT2D eigenvalue weighted by atomic mass is 10.1. The molecule has 0 aromatic rings. The third kappa shape index (κ3) is 3.10. The number of allylic oxidation sites excluding steroid dienone is 2. The fourth-order valence-electron chi connectivity index (χ4n) is 3.12. The molecule has 0 saturated heterocycles. The summed E-state index contributed by atoms with van der Waals surface area (Å²) >= 11 is 0. The Labute approximate surface area is 125 Å². The highest BCUT2D eigenvalue weighted by Gasteiger charge is 2.61. The molecule has 2 aliphatic rings. The smallest absolute Gasteiger partial charge is 0.320 e. The lowest BCUT2D eigenvalue weighted by Crippen LogP contribution is -2.22. The summed E-state index contributed by atoms with van der Waals surface area (Å²) in [6.07, 6.45) is 3.46. The van der Waals surface area contributed by atoms with Gasteiger partial charge in [0.15, 0.2) is 0 Å². The second-order valence-electron chi connectivity index (χ2n) is 7.08. The van der Waals surface area contributed by atoms with Crippen molar-refractivity contribution in [2.45, 2.75) is 47.1 Å². The molecular formula is C17H24O4. The summed E-state index contributed by atoms with van der Waals surface area (Å²) in [7, 11) is 0. The standard InChI is InChI=1S/C17H24O4/c1-9(2)6-12-14(17(12,4)5)16(20)21-15(19)11-7-10(3)13(18)8-11/h6-7,11-14,18H,8H2,1-5H3. The number of hydrogen-bond acceptors (Lipinski definition) is 4. The number of carbonyl (C=O) groups is 2. The maximum Gasteiger partial charge on any atom is 0.320 e. The number of ether oxygens (including phenoxy) is 1. The Morgan fingerprint density at radius 3 is 2.43 bits per heavy atom. The maximum atomic E-state index is 12.2. The second kappa shape index (κ2) is 5.41. The van der Waals surface area contributed by atoms with Gasteiger partial charge in [-0.05, 0) is 44.1 Å². The van der Waals surface area contributed by atoms with E-state index in [0.29, 0.717) is 6.42 Å². The van der Waals surface area contributed by atoms with Gasteiger partial charge in [0.2, 0.25) is 0 Å². The molecule has 4 heteroatoms. The van der Waals surface area contributed by atoms with Gasteiger partial charge in [-0.15, -0.1) is 0 Å². The van der Waals surface area contributed by atoms with Crippen LogP contribution in [-0.4, -0.2) is 23.1 Å². The van der Waals surface area contributed by atoms with Crippen LogP contribution in [-0.2, 0) is 14.3 Å². The van der Waals surface area contributed by atoms with Gasteiger partial charge < -0.3 is 9.84 Å². The first-order valence-corrected chi connectivity index (χ1v) is 7.41. The molecule has 0 aromatic heterocycles. The molecule has 4 nitrogen and oxygen atoms in total. The Bertz CT molecular complexity index is 523. The van der Waals surface area contributed by atoms with E-state index in [4.69, 9.17) is 4.74 Å². The zero-order valence-electron chi connectivity index (χ0n) is 13.3. The average Bonchev–Trinajstić information content (AvgIpc) is 2.70. The van der Waals surface area contributed by atoms with Crippen molar-refractivity contribution in [3.63, 3.8) is 0 Å². The van der Waals surface area contributed by atoms with Crippen LogP contribution in [0.25, 0.3) is 0 Å². The van der Waals surface area contributed by atoms with Crippen LogP contribution in [0.5, 0.6) is 0 Å². The van der Waals surface area contributed by atoms with Crippen LogP contribution in [0.4, 0.5) is 0 Å². The summed E-state index contributed by atoms with van der Waals surface area (Å²) in [5.74, 6) is -1.62. The van der Waals surface area contributed by atoms with Crippen LogP contribution < -0.4 is 0 Å². The SMILES string of the molecule is CC(C)=CC1C(C(=O)OC(=O)C2C=C(C)C(O)C2)C1(C)C. The van der Waals surface area contributed by atoms with E-state index < -0.39 is 24.0 Å². The molecule has 2 aliphatic carbocycles. The number of aliphatic hydroxyl groups excluding tert-OH is 1. The summed E-state index contributed by atoms with van der Waals surface area (Å²) in [6.45, 7) is 9.78. The maximum absolute atomic E-state index is 12.2. The van der Waals surface area contributed by atoms with Gasteiger partial charge in [0, 0.05) is 0 Å². The van der Waals surface area contributed by atoms with E-state index in [2.05, 4.69) is 6.08 Å². The van der Waals surface area contributed by atoms with Crippen LogP contribution in [0.2, 0.25) is 0 Å². The number of aliphatic hydroxyl groups is 1. The predicted octanol–water partition coefficient (Wildman–Crippen LogP) is 2.62. The third-order valence-electron chi connectivity index (χ3n) is 4.65. The highest BCUT2D eigenvalue weighted by Crippen LogP contribution is 2.59. The van der Waals surface area contributed by atoms with Crippen LogP contribution in [0.3, 0.4) is 0 Å². The molecule has 4 atom stereocenters. The first-order chi connectivity index (χ1) is 9.64. The highest BCUT2D eigenvalue weighted by atomic mass is 16.6. The van der Waals surface area contributed by atoms with Crippen LogP contribution in [0.1, 0.15) is 41.0 Å². The van der Waals surface area contributed by atoms with E-state index in [0.717, 1.165) is 11.1 Å². The minimum absolute atomic E-state index is 0.134. The molecule has 0 bridgehead atoms. The first kappa shape index (κ1) is 16.0. The van der Waals surface area contributed by atoms with E-state index >= 15 is 0 Å². The molecule has 1 N–H and O–H groups in total. The van der Waals surface area contributed by atoms with Gasteiger partial charge in [0.25, 0.3) is 0 Å². The fraction of sp³-hybridized carbons (Fsp3) is 0.647. The molecule has 116 valence electrons. The monoisotopic (exact) mass is 292 g/mol. The molecule has 0 amide bonds. The van der Waals surface area contributed by atoms with E-state index in [1.54, 1.807) is 13.0 Å². The molecular weight excluding hydrogens is 268 g/mol. The fourth-order valence-corrected chi connectivity index (χ4v) is 3.12. The Balaban J connectivity index is 1.97. The van der Waals surface area contributed by atoms with Crippen molar-refractivity contribution in [2.24, 2.45) is 23.2 Å². The minimum atomic E-state index is -0.603. The van der Waals surface area contributed by atoms with Gasteiger partial charge in [-0.2, -0.15) is 0 Å². The van der Waals surface area contributed by atoms with Gasteiger partial charge in [0.1, 0.15) is 0 Å². The number of esters is 2. The van der Waals surface area contributed by atoms with Gasteiger partial charge in [0.05, 0.1) is 17.9 Å². The van der Waals surface area contributed by atoms with Crippen molar-refractivity contribution in [2.75, 3.05) is 0 Å². The van der Waals surface area contributed by atoms with Crippen LogP contribution in [0, 0.1) is 23.2 Å². The zero-order valence-corrected chi connectivity index (χ0v) is 13.3. The van der Waals surface area contributed by atoms with E-state index in [-0.39, 0.29) is 17.3 Å². The predicted molar refractivity (Wildman–Crippen MR) is 79.2 cm³/mol. The lowest BCUT2D eigenvalue weighted by Gasteiger charge is -2.08. The van der Waals surface area contributed by atoms with Crippen molar-refractivity contribution in [3.05, 3.63) is 23.3 Å². The van der Waals surface area contributed by atoms with Crippen molar-refractivity contribution >= 4 is 11.9 Å². The van der Waals surface area contributed by atoms with Crippen molar-refractivity contribution < 1.29 is 19.4 Å². The van der Waals surface area contributed by atoms with E-state index in [9.17, 15) is 14.7 Å². The van der Waals surface area contributed by atoms with E-state index in [1.807, 2.05) is 27.7 Å². The third-order valence-corrected chi connectivity index (χ3v) is 4.65. The Kier molecular flexibility index (Phi) is 4.11. The Morgan fingerprint density at radius 2 is 1.95 bits per heavy atom. The average molecular weight is 292 g/mol. The summed E-state index contributed by atoms with van der Waals surface area (Å²) in [5, 5.41) is 9.63. The summed E-state index contributed by atoms with van der Waals surface area (Å²) in [4.78, 5) is 24.2. The normalized spacial score (nSPS) is 33.1. The van der Waals surface area contributed by atoms with Gasteiger partial charge in [-0.25, -0.2) is 0 Å². The molecule has 0 aromatic carbocycles. The Hall–Kier alpha value is -1.42. The van der Waals surface area contributed by atoms with Gasteiger partial charge in [-0.1, -0.05) is 31.6 Å². The molecule has 1 fully saturated rings. The zero-order chi connectivity index (χ0) is 15.9. The van der Waals surface area contributed by atoms with Crippen LogP contribution >= 0.6 is 0 Å². The summed E-state index contributed by atoms with van der Waals surface area (Å²) in [5.41, 5.74) is 1.76. The lowest BCUT2D eigenvalue weighted by molar-refractivity contribution is -0.163. The summed E-state index contributed by atoms with van der Waals surface area (Å²) in [6, 6.07) is 0.